The van der Waals surface area contributed by atoms with Crippen LogP contribution in [-0.2, 0) is 9.68 Å². The van der Waals surface area contributed by atoms with Gasteiger partial charge in [0, 0.05) is 13.2 Å². The fourth-order valence-electron chi connectivity index (χ4n) is 1.59. The number of hydrogen-bond acceptors (Lipinski definition) is 5. The zero-order chi connectivity index (χ0) is 14.9. The molecule has 0 aromatic carbocycles. The minimum Gasteiger partial charge on any atom is -0.396 e. The molecule has 0 aliphatic heterocycles. The largest absolute Gasteiger partial charge is 0.396 e. The molecule has 0 radical (unpaired) electrons. The first kappa shape index (κ1) is 19.4. The third-order valence-electron chi connectivity index (χ3n) is 2.74. The molecule has 0 bridgehead atoms. The molecule has 0 heterocycles. The highest BCUT2D eigenvalue weighted by Gasteiger charge is 2.00. The van der Waals surface area contributed by atoms with Gasteiger partial charge in [-0.25, -0.2) is 9.68 Å². The number of nitrogens with zero attached hydrogens (tertiary/aromatic N) is 1. The van der Waals surface area contributed by atoms with Crippen molar-refractivity contribution < 1.29 is 19.9 Å². The maximum Gasteiger partial charge on any atom is 0.0797 e. The van der Waals surface area contributed by atoms with Gasteiger partial charge in [0.05, 0.1) is 19.4 Å². The molecule has 0 atom stereocenters. The number of allylic oxidation sites excluding steroid dienone is 1. The van der Waals surface area contributed by atoms with Gasteiger partial charge in [0.25, 0.3) is 0 Å². The van der Waals surface area contributed by atoms with Crippen molar-refractivity contribution in [2.45, 2.75) is 58.3 Å². The molecule has 20 heavy (non-hydrogen) atoms. The molecule has 0 aromatic heterocycles. The number of rotatable bonds is 15. The first-order valence-corrected chi connectivity index (χ1v) is 7.78. The Bertz CT molecular complexity index is 202. The highest BCUT2D eigenvalue weighted by Crippen LogP contribution is 2.06. The first-order chi connectivity index (χ1) is 9.85. The Morgan fingerprint density at radius 1 is 0.850 bits per heavy atom. The summed E-state index contributed by atoms with van der Waals surface area (Å²) < 4.78 is 0. The predicted octanol–water partition coefficient (Wildman–Crippen LogP) is 2.79. The van der Waals surface area contributed by atoms with Gasteiger partial charge in [0.15, 0.2) is 0 Å². The maximum absolute atomic E-state index is 8.72. The summed E-state index contributed by atoms with van der Waals surface area (Å²) in [7, 11) is 0. The zero-order valence-electron chi connectivity index (χ0n) is 12.8. The Morgan fingerprint density at radius 2 is 1.45 bits per heavy atom. The Morgan fingerprint density at radius 3 is 2.00 bits per heavy atom. The van der Waals surface area contributed by atoms with Crippen LogP contribution < -0.4 is 0 Å². The monoisotopic (exact) mass is 289 g/mol. The van der Waals surface area contributed by atoms with Crippen LogP contribution in [0.3, 0.4) is 0 Å². The second-order valence-electron chi connectivity index (χ2n) is 4.69. The summed E-state index contributed by atoms with van der Waals surface area (Å²) in [6, 6.07) is 0. The molecular weight excluding hydrogens is 258 g/mol. The molecule has 0 amide bonds. The Hall–Kier alpha value is -0.620. The lowest BCUT2D eigenvalue weighted by molar-refractivity contribution is -0.337. The van der Waals surface area contributed by atoms with Crippen molar-refractivity contribution in [1.29, 1.82) is 0 Å². The first-order valence-electron chi connectivity index (χ1n) is 7.78. The standard InChI is InChI=1S/C15H31NO4/c1-2-3-4-5-6-7-8-11-16(19-14-9-12-17)20-15-10-13-18/h8,11,17-18H,2-7,9-10,12-15H2,1H3. The van der Waals surface area contributed by atoms with Gasteiger partial charge < -0.3 is 10.2 Å². The van der Waals surface area contributed by atoms with Crippen molar-refractivity contribution in [3.63, 3.8) is 0 Å². The topological polar surface area (TPSA) is 62.2 Å². The van der Waals surface area contributed by atoms with E-state index in [1.165, 1.54) is 37.3 Å². The van der Waals surface area contributed by atoms with Crippen LogP contribution in [0.15, 0.2) is 12.3 Å². The minimum absolute atomic E-state index is 0.103. The molecule has 5 heteroatoms. The van der Waals surface area contributed by atoms with E-state index in [4.69, 9.17) is 19.9 Å². The molecular formula is C15H31NO4. The number of hydroxylamine groups is 2. The number of hydrogen-bond donors (Lipinski definition) is 2. The Balaban J connectivity index is 3.74. The Kier molecular flexibility index (Phi) is 15.9. The zero-order valence-corrected chi connectivity index (χ0v) is 12.8. The van der Waals surface area contributed by atoms with E-state index in [2.05, 4.69) is 6.92 Å². The van der Waals surface area contributed by atoms with Gasteiger partial charge in [-0.15, -0.1) is 5.23 Å². The maximum atomic E-state index is 8.72. The molecule has 0 aliphatic rings. The smallest absolute Gasteiger partial charge is 0.0797 e. The molecule has 0 aliphatic carbocycles. The lowest BCUT2D eigenvalue weighted by Crippen LogP contribution is -2.20. The Labute approximate surface area is 123 Å². The van der Waals surface area contributed by atoms with Crippen molar-refractivity contribution >= 4 is 0 Å². The van der Waals surface area contributed by atoms with E-state index in [0.717, 1.165) is 6.42 Å². The van der Waals surface area contributed by atoms with E-state index in [1.807, 2.05) is 6.08 Å². The molecule has 0 rings (SSSR count). The van der Waals surface area contributed by atoms with Crippen LogP contribution >= 0.6 is 0 Å². The highest BCUT2D eigenvalue weighted by molar-refractivity contribution is 4.76. The second kappa shape index (κ2) is 16.4. The van der Waals surface area contributed by atoms with Crippen molar-refractivity contribution in [3.8, 4) is 0 Å². The molecule has 0 saturated carbocycles. The molecule has 0 spiro atoms. The lowest BCUT2D eigenvalue weighted by Gasteiger charge is -2.18. The van der Waals surface area contributed by atoms with E-state index in [9.17, 15) is 0 Å². The summed E-state index contributed by atoms with van der Waals surface area (Å²) >= 11 is 0. The van der Waals surface area contributed by atoms with Crippen LogP contribution in [0.4, 0.5) is 0 Å². The van der Waals surface area contributed by atoms with Crippen molar-refractivity contribution in [1.82, 2.24) is 5.23 Å². The van der Waals surface area contributed by atoms with Crippen LogP contribution in [0.1, 0.15) is 58.3 Å². The van der Waals surface area contributed by atoms with Crippen LogP contribution in [0, 0.1) is 0 Å². The minimum atomic E-state index is 0.103. The molecule has 5 nitrogen and oxygen atoms in total. The van der Waals surface area contributed by atoms with Gasteiger partial charge in [0.2, 0.25) is 0 Å². The average Bonchev–Trinajstić information content (AvgIpc) is 2.46. The molecule has 2 N–H and O–H groups in total. The van der Waals surface area contributed by atoms with Gasteiger partial charge in [-0.1, -0.05) is 38.7 Å². The van der Waals surface area contributed by atoms with E-state index in [0.29, 0.717) is 26.1 Å². The lowest BCUT2D eigenvalue weighted by atomic mass is 10.1. The fourth-order valence-corrected chi connectivity index (χ4v) is 1.59. The quantitative estimate of drug-likeness (QED) is 0.358. The molecule has 0 aromatic rings. The van der Waals surface area contributed by atoms with E-state index in [1.54, 1.807) is 6.20 Å². The predicted molar refractivity (Wildman–Crippen MR) is 79.7 cm³/mol. The summed E-state index contributed by atoms with van der Waals surface area (Å²) in [4.78, 5) is 10.7. The van der Waals surface area contributed by atoms with E-state index in [-0.39, 0.29) is 13.2 Å². The van der Waals surface area contributed by atoms with Crippen LogP contribution in [-0.4, -0.2) is 41.9 Å². The van der Waals surface area contributed by atoms with E-state index >= 15 is 0 Å². The van der Waals surface area contributed by atoms with Crippen molar-refractivity contribution in [2.24, 2.45) is 0 Å². The summed E-state index contributed by atoms with van der Waals surface area (Å²) in [6.45, 7) is 3.25. The number of aliphatic hydroxyl groups is 2. The van der Waals surface area contributed by atoms with Crippen LogP contribution in [0.25, 0.3) is 0 Å². The van der Waals surface area contributed by atoms with Crippen molar-refractivity contribution in [3.05, 3.63) is 12.3 Å². The summed E-state index contributed by atoms with van der Waals surface area (Å²) in [5, 5.41) is 18.8. The second-order valence-corrected chi connectivity index (χ2v) is 4.69. The number of aliphatic hydroxyl groups excluding tert-OH is 2. The fraction of sp³-hybridized carbons (Fsp3) is 0.867. The van der Waals surface area contributed by atoms with E-state index < -0.39 is 0 Å². The third-order valence-corrected chi connectivity index (χ3v) is 2.74. The van der Waals surface area contributed by atoms with Gasteiger partial charge in [-0.2, -0.15) is 0 Å². The molecule has 0 fully saturated rings. The van der Waals surface area contributed by atoms with Gasteiger partial charge in [0.1, 0.15) is 0 Å². The van der Waals surface area contributed by atoms with Gasteiger partial charge >= 0.3 is 0 Å². The van der Waals surface area contributed by atoms with Gasteiger partial charge in [-0.05, 0) is 25.7 Å². The summed E-state index contributed by atoms with van der Waals surface area (Å²) in [5.74, 6) is 0. The summed E-state index contributed by atoms with van der Waals surface area (Å²) in [6.07, 6.45) is 12.3. The van der Waals surface area contributed by atoms with Crippen LogP contribution in [0.2, 0.25) is 0 Å². The normalized spacial score (nSPS) is 11.3. The molecule has 0 unspecified atom stereocenters. The van der Waals surface area contributed by atoms with Gasteiger partial charge in [-0.3, -0.25) is 0 Å². The molecule has 0 saturated heterocycles. The van der Waals surface area contributed by atoms with Crippen LogP contribution in [0.5, 0.6) is 0 Å². The number of unbranched alkanes of at least 4 members (excludes halogenated alkanes) is 5. The molecule has 120 valence electrons. The third kappa shape index (κ3) is 13.8. The summed E-state index contributed by atoms with van der Waals surface area (Å²) in [5.41, 5.74) is 0. The SMILES string of the molecule is CCCCCCCC=CN(OCCCO)OCCCO. The highest BCUT2D eigenvalue weighted by atomic mass is 16.9. The average molecular weight is 289 g/mol. The van der Waals surface area contributed by atoms with Crippen molar-refractivity contribution in [2.75, 3.05) is 26.4 Å².